The number of aromatic hydroxyl groups is 1. The predicted molar refractivity (Wildman–Crippen MR) is 71.0 cm³/mol. The molecular weight excluding hydrogens is 280 g/mol. The molecule has 0 fully saturated rings. The Morgan fingerprint density at radius 2 is 1.76 bits per heavy atom. The van der Waals surface area contributed by atoms with Crippen molar-refractivity contribution < 1.29 is 18.3 Å². The number of halogens is 2. The largest absolute Gasteiger partial charge is 0.508 e. The van der Waals surface area contributed by atoms with Gasteiger partial charge in [0.1, 0.15) is 17.4 Å². The van der Waals surface area contributed by atoms with Crippen LogP contribution in [0.15, 0.2) is 46.9 Å². The van der Waals surface area contributed by atoms with Crippen molar-refractivity contribution in [2.24, 2.45) is 0 Å². The fourth-order valence-electron chi connectivity index (χ4n) is 1.77. The molecule has 0 aliphatic rings. The van der Waals surface area contributed by atoms with Crippen LogP contribution in [-0.2, 0) is 0 Å². The molecule has 0 aliphatic carbocycles. The molecule has 0 saturated heterocycles. The maximum atomic E-state index is 13.1. The lowest BCUT2D eigenvalue weighted by atomic mass is 10.2. The number of nitrogens with one attached hydrogen (secondary N) is 1. The number of rotatable bonds is 3. The fraction of sp³-hybridized carbons (Fsp3) is 0. The van der Waals surface area contributed by atoms with Crippen LogP contribution in [0.25, 0.3) is 11.5 Å². The minimum atomic E-state index is -0.731. The van der Waals surface area contributed by atoms with E-state index in [1.54, 1.807) is 12.1 Å². The van der Waals surface area contributed by atoms with E-state index in [1.807, 2.05) is 0 Å². The summed E-state index contributed by atoms with van der Waals surface area (Å²) in [6, 6.07) is 9.28. The summed E-state index contributed by atoms with van der Waals surface area (Å²) in [7, 11) is 0. The zero-order chi connectivity index (χ0) is 14.8. The second kappa shape index (κ2) is 5.20. The zero-order valence-corrected chi connectivity index (χ0v) is 10.5. The van der Waals surface area contributed by atoms with Crippen LogP contribution in [0, 0.1) is 11.6 Å². The first-order valence-electron chi connectivity index (χ1n) is 5.96. The molecule has 5 nitrogen and oxygen atoms in total. The maximum absolute atomic E-state index is 13.1. The number of aromatic nitrogens is 2. The number of anilines is 2. The summed E-state index contributed by atoms with van der Waals surface area (Å²) in [4.78, 5) is 0. The van der Waals surface area contributed by atoms with Crippen LogP contribution in [0.4, 0.5) is 20.5 Å². The molecule has 2 N–H and O–H groups in total. The van der Waals surface area contributed by atoms with Crippen LogP contribution < -0.4 is 5.32 Å². The van der Waals surface area contributed by atoms with E-state index in [0.717, 1.165) is 18.2 Å². The summed E-state index contributed by atoms with van der Waals surface area (Å²) in [6.45, 7) is 0. The first-order chi connectivity index (χ1) is 10.1. The van der Waals surface area contributed by atoms with Crippen LogP contribution in [-0.4, -0.2) is 15.3 Å². The Morgan fingerprint density at radius 1 is 1.00 bits per heavy atom. The molecule has 0 bridgehead atoms. The molecule has 0 spiro atoms. The Labute approximate surface area is 117 Å². The molecule has 106 valence electrons. The van der Waals surface area contributed by atoms with Crippen LogP contribution >= 0.6 is 0 Å². The van der Waals surface area contributed by atoms with Gasteiger partial charge in [0.25, 0.3) is 0 Å². The molecule has 21 heavy (non-hydrogen) atoms. The van der Waals surface area contributed by atoms with Gasteiger partial charge in [-0.15, -0.1) is 5.10 Å². The van der Waals surface area contributed by atoms with Gasteiger partial charge in [-0.1, -0.05) is 11.2 Å². The highest BCUT2D eigenvalue weighted by Gasteiger charge is 2.11. The van der Waals surface area contributed by atoms with E-state index in [-0.39, 0.29) is 23.2 Å². The molecule has 7 heteroatoms. The molecular formula is C14H9F2N3O2. The van der Waals surface area contributed by atoms with Crippen molar-refractivity contribution in [1.29, 1.82) is 0 Å². The lowest BCUT2D eigenvalue weighted by Gasteiger charge is -2.01. The third kappa shape index (κ3) is 2.97. The molecule has 0 saturated carbocycles. The Hall–Kier alpha value is -2.96. The van der Waals surface area contributed by atoms with Gasteiger partial charge in [-0.2, -0.15) is 0 Å². The normalized spacial score (nSPS) is 10.6. The topological polar surface area (TPSA) is 71.2 Å². The van der Waals surface area contributed by atoms with E-state index in [4.69, 9.17) is 4.42 Å². The minimum absolute atomic E-state index is 0.0175. The van der Waals surface area contributed by atoms with Gasteiger partial charge in [-0.05, 0) is 24.3 Å². The van der Waals surface area contributed by atoms with E-state index < -0.39 is 11.6 Å². The number of nitrogens with zero attached hydrogens (tertiary/aromatic N) is 2. The zero-order valence-electron chi connectivity index (χ0n) is 10.5. The van der Waals surface area contributed by atoms with Crippen molar-refractivity contribution in [3.63, 3.8) is 0 Å². The van der Waals surface area contributed by atoms with Gasteiger partial charge in [0.15, 0.2) is 0 Å². The van der Waals surface area contributed by atoms with Crippen molar-refractivity contribution in [3.8, 4) is 17.2 Å². The Kier molecular flexibility index (Phi) is 3.23. The number of phenolic OH excluding ortho intramolecular Hbond substituents is 1. The third-order valence-electron chi connectivity index (χ3n) is 2.63. The van der Waals surface area contributed by atoms with Crippen LogP contribution in [0.2, 0.25) is 0 Å². The fourth-order valence-corrected chi connectivity index (χ4v) is 1.77. The molecule has 1 heterocycles. The first-order valence-corrected chi connectivity index (χ1v) is 5.96. The molecule has 0 radical (unpaired) electrons. The van der Waals surface area contributed by atoms with E-state index in [9.17, 15) is 13.9 Å². The van der Waals surface area contributed by atoms with E-state index >= 15 is 0 Å². The first kappa shape index (κ1) is 13.0. The highest BCUT2D eigenvalue weighted by atomic mass is 19.1. The molecule has 3 aromatic rings. The third-order valence-corrected chi connectivity index (χ3v) is 2.63. The van der Waals surface area contributed by atoms with Gasteiger partial charge < -0.3 is 14.8 Å². The number of hydrogen-bond acceptors (Lipinski definition) is 5. The van der Waals surface area contributed by atoms with Crippen molar-refractivity contribution in [2.45, 2.75) is 0 Å². The van der Waals surface area contributed by atoms with Crippen LogP contribution in [0.5, 0.6) is 5.75 Å². The molecule has 3 rings (SSSR count). The van der Waals surface area contributed by atoms with Crippen molar-refractivity contribution in [2.75, 3.05) is 5.32 Å². The van der Waals surface area contributed by atoms with Crippen molar-refractivity contribution in [3.05, 3.63) is 54.1 Å². The van der Waals surface area contributed by atoms with Gasteiger partial charge >= 0.3 is 6.01 Å². The number of hydrogen-bond donors (Lipinski definition) is 2. The minimum Gasteiger partial charge on any atom is -0.508 e. The summed E-state index contributed by atoms with van der Waals surface area (Å²) in [5.41, 5.74) is 0.680. The molecule has 0 atom stereocenters. The quantitative estimate of drug-likeness (QED) is 0.772. The number of phenols is 1. The summed E-state index contributed by atoms with van der Waals surface area (Å²) in [6.07, 6.45) is 0. The summed E-state index contributed by atoms with van der Waals surface area (Å²) in [5, 5.41) is 19.6. The van der Waals surface area contributed by atoms with Gasteiger partial charge in [0.05, 0.1) is 0 Å². The van der Waals surface area contributed by atoms with Gasteiger partial charge in [0.2, 0.25) is 5.89 Å². The summed E-state index contributed by atoms with van der Waals surface area (Å²) < 4.78 is 31.6. The lowest BCUT2D eigenvalue weighted by Crippen LogP contribution is -1.89. The summed E-state index contributed by atoms with van der Waals surface area (Å²) >= 11 is 0. The highest BCUT2D eigenvalue weighted by molar-refractivity contribution is 5.57. The second-order valence-electron chi connectivity index (χ2n) is 4.25. The molecule has 1 aromatic heterocycles. The maximum Gasteiger partial charge on any atom is 0.320 e. The summed E-state index contributed by atoms with van der Waals surface area (Å²) in [5.74, 6) is -1.40. The SMILES string of the molecule is Oc1cccc(Nc2nnc(-c3cc(F)cc(F)c3)o2)c1. The van der Waals surface area contributed by atoms with E-state index in [0.29, 0.717) is 5.69 Å². The Bertz CT molecular complexity index is 769. The smallest absolute Gasteiger partial charge is 0.320 e. The molecule has 0 aliphatic heterocycles. The van der Waals surface area contributed by atoms with Gasteiger partial charge in [-0.25, -0.2) is 8.78 Å². The van der Waals surface area contributed by atoms with Crippen LogP contribution in [0.3, 0.4) is 0 Å². The average molecular weight is 289 g/mol. The molecule has 2 aromatic carbocycles. The second-order valence-corrected chi connectivity index (χ2v) is 4.25. The Balaban J connectivity index is 1.86. The molecule has 0 unspecified atom stereocenters. The average Bonchev–Trinajstić information content (AvgIpc) is 2.86. The number of benzene rings is 2. The van der Waals surface area contributed by atoms with Crippen molar-refractivity contribution in [1.82, 2.24) is 10.2 Å². The molecule has 0 amide bonds. The lowest BCUT2D eigenvalue weighted by molar-refractivity contribution is 0.475. The van der Waals surface area contributed by atoms with Crippen LogP contribution in [0.1, 0.15) is 0 Å². The van der Waals surface area contributed by atoms with E-state index in [2.05, 4.69) is 15.5 Å². The van der Waals surface area contributed by atoms with Crippen molar-refractivity contribution >= 4 is 11.7 Å². The van der Waals surface area contributed by atoms with E-state index in [1.165, 1.54) is 12.1 Å². The highest BCUT2D eigenvalue weighted by Crippen LogP contribution is 2.24. The van der Waals surface area contributed by atoms with Gasteiger partial charge in [-0.3, -0.25) is 0 Å². The Morgan fingerprint density at radius 3 is 2.48 bits per heavy atom. The monoisotopic (exact) mass is 289 g/mol. The predicted octanol–water partition coefficient (Wildman–Crippen LogP) is 3.46. The van der Waals surface area contributed by atoms with Gasteiger partial charge in [0, 0.05) is 23.4 Å². The standard InChI is InChI=1S/C14H9F2N3O2/c15-9-4-8(5-10(16)6-9)13-18-19-14(21-13)17-11-2-1-3-12(20)7-11/h1-7,20H,(H,17,19).